The summed E-state index contributed by atoms with van der Waals surface area (Å²) in [6, 6.07) is 0. The van der Waals surface area contributed by atoms with E-state index in [1.807, 2.05) is 20.2 Å². The Balaban J connectivity index is 1.63. The maximum Gasteiger partial charge on any atom is 0.0925 e. The lowest BCUT2D eigenvalue weighted by Gasteiger charge is -2.27. The van der Waals surface area contributed by atoms with Crippen LogP contribution in [0.4, 0.5) is 0 Å². The first-order valence-electron chi connectivity index (χ1n) is 7.90. The first-order valence-corrected chi connectivity index (χ1v) is 7.90. The van der Waals surface area contributed by atoms with Crippen molar-refractivity contribution in [2.75, 3.05) is 13.1 Å². The third-order valence-corrected chi connectivity index (χ3v) is 4.28. The van der Waals surface area contributed by atoms with Crippen LogP contribution in [0.5, 0.6) is 0 Å². The number of hydrogen-bond donors (Lipinski definition) is 2. The zero-order chi connectivity index (χ0) is 14.6. The van der Waals surface area contributed by atoms with Crippen molar-refractivity contribution in [2.45, 2.75) is 65.0 Å². The van der Waals surface area contributed by atoms with Gasteiger partial charge in [-0.2, -0.15) is 0 Å². The van der Waals surface area contributed by atoms with E-state index in [0.717, 1.165) is 38.3 Å². The van der Waals surface area contributed by atoms with E-state index in [2.05, 4.69) is 21.8 Å². The zero-order valence-electron chi connectivity index (χ0n) is 13.2. The molecule has 20 heavy (non-hydrogen) atoms. The molecule has 2 N–H and O–H groups in total. The van der Waals surface area contributed by atoms with Gasteiger partial charge in [0.2, 0.25) is 0 Å². The second-order valence-electron chi connectivity index (χ2n) is 6.95. The highest BCUT2D eigenvalue weighted by Crippen LogP contribution is 2.20. The molecule has 0 bridgehead atoms. The molecular weight excluding hydrogens is 250 g/mol. The van der Waals surface area contributed by atoms with Crippen molar-refractivity contribution in [3.05, 3.63) is 17.7 Å². The van der Waals surface area contributed by atoms with Gasteiger partial charge < -0.3 is 10.1 Å². The molecule has 0 saturated heterocycles. The lowest BCUT2D eigenvalue weighted by molar-refractivity contribution is 0.0667. The Kier molecular flexibility index (Phi) is 5.22. The van der Waals surface area contributed by atoms with Crippen molar-refractivity contribution in [1.29, 1.82) is 0 Å². The van der Waals surface area contributed by atoms with Gasteiger partial charge in [0.05, 0.1) is 23.3 Å². The minimum Gasteiger partial charge on any atom is -0.390 e. The number of rotatable bonds is 7. The van der Waals surface area contributed by atoms with E-state index < -0.39 is 5.60 Å². The van der Waals surface area contributed by atoms with Crippen molar-refractivity contribution >= 4 is 0 Å². The number of aromatic amines is 1. The molecule has 2 heterocycles. The molecule has 0 fully saturated rings. The van der Waals surface area contributed by atoms with Gasteiger partial charge in [0.15, 0.2) is 0 Å². The summed E-state index contributed by atoms with van der Waals surface area (Å²) in [6.45, 7) is 9.44. The standard InChI is InChI=1S/C16H29N3O/c1-13(5-4-8-16(2,3)20)6-9-19-10-7-14-15(11-19)18-12-17-14/h12-13,20H,4-11H2,1-3H3,(H,17,18). The third kappa shape index (κ3) is 4.91. The van der Waals surface area contributed by atoms with Crippen LogP contribution in [-0.2, 0) is 13.0 Å². The molecule has 1 unspecified atom stereocenters. The smallest absolute Gasteiger partial charge is 0.0925 e. The van der Waals surface area contributed by atoms with Crippen LogP contribution in [-0.4, -0.2) is 38.7 Å². The van der Waals surface area contributed by atoms with Gasteiger partial charge in [0.1, 0.15) is 0 Å². The monoisotopic (exact) mass is 279 g/mol. The number of fused-ring (bicyclic) bond motifs is 1. The average Bonchev–Trinajstić information content (AvgIpc) is 2.82. The normalized spacial score (nSPS) is 18.0. The molecule has 4 nitrogen and oxygen atoms in total. The summed E-state index contributed by atoms with van der Waals surface area (Å²) in [4.78, 5) is 10.1. The van der Waals surface area contributed by atoms with Crippen molar-refractivity contribution in [2.24, 2.45) is 5.92 Å². The molecule has 0 spiro atoms. The molecule has 4 heteroatoms. The second kappa shape index (κ2) is 6.72. The molecule has 0 aromatic carbocycles. The number of imidazole rings is 1. The quantitative estimate of drug-likeness (QED) is 0.807. The van der Waals surface area contributed by atoms with Crippen LogP contribution in [0.3, 0.4) is 0 Å². The van der Waals surface area contributed by atoms with Crippen molar-refractivity contribution < 1.29 is 5.11 Å². The van der Waals surface area contributed by atoms with Gasteiger partial charge in [-0.15, -0.1) is 0 Å². The fraction of sp³-hybridized carbons (Fsp3) is 0.812. The fourth-order valence-electron chi connectivity index (χ4n) is 2.89. The average molecular weight is 279 g/mol. The molecule has 1 aromatic heterocycles. The Hall–Kier alpha value is -0.870. The zero-order valence-corrected chi connectivity index (χ0v) is 13.2. The SMILES string of the molecule is CC(CCCC(C)(C)O)CCN1CCc2nc[nH]c2C1. The highest BCUT2D eigenvalue weighted by Gasteiger charge is 2.18. The highest BCUT2D eigenvalue weighted by molar-refractivity contribution is 5.14. The Morgan fingerprint density at radius 3 is 3.00 bits per heavy atom. The third-order valence-electron chi connectivity index (χ3n) is 4.28. The van der Waals surface area contributed by atoms with E-state index >= 15 is 0 Å². The highest BCUT2D eigenvalue weighted by atomic mass is 16.3. The Morgan fingerprint density at radius 1 is 1.45 bits per heavy atom. The van der Waals surface area contributed by atoms with Crippen LogP contribution in [0.2, 0.25) is 0 Å². The van der Waals surface area contributed by atoms with E-state index in [9.17, 15) is 5.11 Å². The number of aromatic nitrogens is 2. The maximum atomic E-state index is 9.72. The van der Waals surface area contributed by atoms with Crippen LogP contribution in [0.15, 0.2) is 6.33 Å². The first kappa shape index (κ1) is 15.5. The summed E-state index contributed by atoms with van der Waals surface area (Å²) in [7, 11) is 0. The molecule has 2 rings (SSSR count). The van der Waals surface area contributed by atoms with Gasteiger partial charge in [-0.25, -0.2) is 4.98 Å². The number of nitrogens with zero attached hydrogens (tertiary/aromatic N) is 2. The lowest BCUT2D eigenvalue weighted by Crippen LogP contribution is -2.32. The Labute approximate surface area is 122 Å². The molecule has 1 aliphatic heterocycles. The van der Waals surface area contributed by atoms with E-state index in [-0.39, 0.29) is 0 Å². The van der Waals surface area contributed by atoms with E-state index in [1.165, 1.54) is 30.8 Å². The molecule has 1 aliphatic rings. The summed E-state index contributed by atoms with van der Waals surface area (Å²) in [5.41, 5.74) is 2.04. The molecule has 114 valence electrons. The summed E-state index contributed by atoms with van der Waals surface area (Å²) >= 11 is 0. The van der Waals surface area contributed by atoms with Gasteiger partial charge in [-0.05, 0) is 39.2 Å². The van der Waals surface area contributed by atoms with Crippen LogP contribution in [0.25, 0.3) is 0 Å². The van der Waals surface area contributed by atoms with Gasteiger partial charge in [-0.3, -0.25) is 4.90 Å². The van der Waals surface area contributed by atoms with Gasteiger partial charge in [-0.1, -0.05) is 19.8 Å². The molecule has 1 atom stereocenters. The van der Waals surface area contributed by atoms with Gasteiger partial charge >= 0.3 is 0 Å². The van der Waals surface area contributed by atoms with Crippen LogP contribution < -0.4 is 0 Å². The molecule has 1 aromatic rings. The fourth-order valence-corrected chi connectivity index (χ4v) is 2.89. The Morgan fingerprint density at radius 2 is 2.25 bits per heavy atom. The second-order valence-corrected chi connectivity index (χ2v) is 6.95. The van der Waals surface area contributed by atoms with Gasteiger partial charge in [0, 0.05) is 19.5 Å². The molecule has 0 radical (unpaired) electrons. The molecule has 0 amide bonds. The number of H-pyrrole nitrogens is 1. The lowest BCUT2D eigenvalue weighted by atomic mass is 9.95. The number of hydrogen-bond acceptors (Lipinski definition) is 3. The van der Waals surface area contributed by atoms with E-state index in [4.69, 9.17) is 0 Å². The largest absolute Gasteiger partial charge is 0.390 e. The van der Waals surface area contributed by atoms with E-state index in [0.29, 0.717) is 0 Å². The maximum absolute atomic E-state index is 9.72. The minimum absolute atomic E-state index is 0.510. The number of aliphatic hydroxyl groups is 1. The molecule has 0 saturated carbocycles. The van der Waals surface area contributed by atoms with Crippen molar-refractivity contribution in [1.82, 2.24) is 14.9 Å². The van der Waals surface area contributed by atoms with Crippen LogP contribution in [0, 0.1) is 5.92 Å². The topological polar surface area (TPSA) is 52.1 Å². The van der Waals surface area contributed by atoms with Gasteiger partial charge in [0.25, 0.3) is 0 Å². The Bertz CT molecular complexity index is 408. The summed E-state index contributed by atoms with van der Waals surface area (Å²) in [5.74, 6) is 0.737. The number of nitrogens with one attached hydrogen (secondary N) is 1. The predicted octanol–water partition coefficient (Wildman–Crippen LogP) is 2.74. The predicted molar refractivity (Wildman–Crippen MR) is 81.5 cm³/mol. The minimum atomic E-state index is -0.510. The summed E-state index contributed by atoms with van der Waals surface area (Å²) in [5, 5.41) is 9.72. The first-order chi connectivity index (χ1) is 9.44. The van der Waals surface area contributed by atoms with Crippen molar-refractivity contribution in [3.63, 3.8) is 0 Å². The van der Waals surface area contributed by atoms with E-state index in [1.54, 1.807) is 0 Å². The molecular formula is C16H29N3O. The van der Waals surface area contributed by atoms with Crippen molar-refractivity contribution in [3.8, 4) is 0 Å². The van der Waals surface area contributed by atoms with Crippen LogP contribution in [0.1, 0.15) is 57.8 Å². The summed E-state index contributed by atoms with van der Waals surface area (Å²) in [6.07, 6.45) is 7.37. The van der Waals surface area contributed by atoms with Crippen LogP contribution >= 0.6 is 0 Å². The molecule has 0 aliphatic carbocycles. The summed E-state index contributed by atoms with van der Waals surface area (Å²) < 4.78 is 0.